The summed E-state index contributed by atoms with van der Waals surface area (Å²) in [6, 6.07) is 7.59. The van der Waals surface area contributed by atoms with E-state index in [1.807, 2.05) is 0 Å². The van der Waals surface area contributed by atoms with Crippen LogP contribution in [0.3, 0.4) is 0 Å². The lowest BCUT2D eigenvalue weighted by Gasteiger charge is -2.14. The summed E-state index contributed by atoms with van der Waals surface area (Å²) in [4.78, 5) is 39.5. The van der Waals surface area contributed by atoms with Gasteiger partial charge in [0.05, 0.1) is 18.8 Å². The monoisotopic (exact) mass is 412 g/mol. The third-order valence-corrected chi connectivity index (χ3v) is 4.71. The average Bonchev–Trinajstić information content (AvgIpc) is 3.29. The lowest BCUT2D eigenvalue weighted by Crippen LogP contribution is -2.33. The molecule has 0 unspecified atom stereocenters. The van der Waals surface area contributed by atoms with Gasteiger partial charge in [-0.25, -0.2) is 19.0 Å². The number of aromatic carboxylic acids is 1. The van der Waals surface area contributed by atoms with Gasteiger partial charge in [0.25, 0.3) is 0 Å². The molecule has 1 saturated heterocycles. The molecule has 1 aromatic carbocycles. The van der Waals surface area contributed by atoms with E-state index in [4.69, 9.17) is 9.84 Å². The Morgan fingerprint density at radius 2 is 2.13 bits per heavy atom. The minimum Gasteiger partial charge on any atom is -0.476 e. The molecule has 30 heavy (non-hydrogen) atoms. The molecule has 1 atom stereocenters. The van der Waals surface area contributed by atoms with E-state index in [0.29, 0.717) is 16.9 Å². The molecule has 4 rings (SSSR count). The van der Waals surface area contributed by atoms with Gasteiger partial charge >= 0.3 is 12.1 Å². The van der Waals surface area contributed by atoms with Crippen molar-refractivity contribution >= 4 is 29.3 Å². The standard InChI is InChI=1S/C20H17FN4O5/c1-11(26)22-8-14-9-25(20(29)30-14)13-2-3-15(16(21)7-13)12-4-5-24-10-17(19(27)28)23-18(24)6-12/h2-7,10,14H,8-9H2,1H3,(H,22,26)(H,27,28)/t14-/m0/s1. The molecule has 1 aliphatic heterocycles. The van der Waals surface area contributed by atoms with Crippen molar-refractivity contribution in [2.24, 2.45) is 0 Å². The van der Waals surface area contributed by atoms with Crippen LogP contribution in [0.2, 0.25) is 0 Å². The van der Waals surface area contributed by atoms with Crippen LogP contribution in [0.15, 0.2) is 42.7 Å². The summed E-state index contributed by atoms with van der Waals surface area (Å²) in [5.41, 5.74) is 1.40. The Kier molecular flexibility index (Phi) is 4.82. The highest BCUT2D eigenvalue weighted by Crippen LogP contribution is 2.29. The third-order valence-electron chi connectivity index (χ3n) is 4.71. The number of carboxylic acids is 1. The molecule has 2 amide bonds. The minimum absolute atomic E-state index is 0.107. The summed E-state index contributed by atoms with van der Waals surface area (Å²) in [5, 5.41) is 11.6. The highest BCUT2D eigenvalue weighted by Gasteiger charge is 2.32. The van der Waals surface area contributed by atoms with Crippen LogP contribution in [0.5, 0.6) is 0 Å². The van der Waals surface area contributed by atoms with Crippen LogP contribution in [-0.4, -0.2) is 51.7 Å². The topological polar surface area (TPSA) is 113 Å². The number of hydrogen-bond acceptors (Lipinski definition) is 5. The summed E-state index contributed by atoms with van der Waals surface area (Å²) in [5.74, 6) is -1.94. The van der Waals surface area contributed by atoms with Crippen molar-refractivity contribution < 1.29 is 28.6 Å². The predicted molar refractivity (Wildman–Crippen MR) is 104 cm³/mol. The Balaban J connectivity index is 1.57. The van der Waals surface area contributed by atoms with Gasteiger partial charge in [-0.1, -0.05) is 0 Å². The number of hydrogen-bond donors (Lipinski definition) is 2. The number of benzene rings is 1. The number of imidazole rings is 1. The largest absolute Gasteiger partial charge is 0.476 e. The van der Waals surface area contributed by atoms with Gasteiger partial charge in [-0.15, -0.1) is 0 Å². The minimum atomic E-state index is -1.15. The quantitative estimate of drug-likeness (QED) is 0.665. The van der Waals surface area contributed by atoms with Crippen LogP contribution >= 0.6 is 0 Å². The molecule has 0 saturated carbocycles. The maximum Gasteiger partial charge on any atom is 0.414 e. The second kappa shape index (κ2) is 7.47. The van der Waals surface area contributed by atoms with Gasteiger partial charge in [0, 0.05) is 24.9 Å². The molecule has 3 heterocycles. The van der Waals surface area contributed by atoms with Crippen LogP contribution < -0.4 is 10.2 Å². The number of aromatic nitrogens is 2. The van der Waals surface area contributed by atoms with Gasteiger partial charge in [-0.3, -0.25) is 9.69 Å². The Bertz CT molecular complexity index is 1180. The predicted octanol–water partition coefficient (Wildman–Crippen LogP) is 2.30. The molecule has 1 fully saturated rings. The van der Waals surface area contributed by atoms with Crippen LogP contribution in [-0.2, 0) is 9.53 Å². The second-order valence-electron chi connectivity index (χ2n) is 6.83. The fourth-order valence-corrected chi connectivity index (χ4v) is 3.25. The average molecular weight is 412 g/mol. The number of carbonyl (C=O) groups is 3. The molecule has 10 heteroatoms. The van der Waals surface area contributed by atoms with Crippen molar-refractivity contribution in [1.82, 2.24) is 14.7 Å². The molecular weight excluding hydrogens is 395 g/mol. The van der Waals surface area contributed by atoms with E-state index in [2.05, 4.69) is 10.3 Å². The molecule has 0 spiro atoms. The fourth-order valence-electron chi connectivity index (χ4n) is 3.25. The van der Waals surface area contributed by atoms with Gasteiger partial charge in [0.2, 0.25) is 5.91 Å². The van der Waals surface area contributed by atoms with Gasteiger partial charge in [0.15, 0.2) is 5.69 Å². The van der Waals surface area contributed by atoms with E-state index in [9.17, 15) is 18.8 Å². The lowest BCUT2D eigenvalue weighted by molar-refractivity contribution is -0.119. The number of carbonyl (C=O) groups excluding carboxylic acids is 2. The van der Waals surface area contributed by atoms with Crippen LogP contribution in [0.1, 0.15) is 17.4 Å². The highest BCUT2D eigenvalue weighted by molar-refractivity contribution is 5.90. The number of ether oxygens (including phenoxy) is 1. The zero-order chi connectivity index (χ0) is 21.4. The number of pyridine rings is 1. The van der Waals surface area contributed by atoms with Crippen molar-refractivity contribution in [1.29, 1.82) is 0 Å². The van der Waals surface area contributed by atoms with E-state index in [1.165, 1.54) is 34.6 Å². The summed E-state index contributed by atoms with van der Waals surface area (Å²) in [6.07, 6.45) is 1.84. The Morgan fingerprint density at radius 1 is 1.33 bits per heavy atom. The van der Waals surface area contributed by atoms with E-state index < -0.39 is 24.0 Å². The molecule has 2 N–H and O–H groups in total. The molecule has 154 valence electrons. The van der Waals surface area contributed by atoms with Crippen molar-refractivity contribution in [3.8, 4) is 11.1 Å². The van der Waals surface area contributed by atoms with E-state index in [1.54, 1.807) is 24.4 Å². The third kappa shape index (κ3) is 3.66. The number of nitrogens with one attached hydrogen (secondary N) is 1. The van der Waals surface area contributed by atoms with E-state index in [0.717, 1.165) is 0 Å². The molecule has 2 aromatic heterocycles. The number of cyclic esters (lactones) is 1. The van der Waals surface area contributed by atoms with Crippen molar-refractivity contribution in [2.45, 2.75) is 13.0 Å². The Morgan fingerprint density at radius 3 is 2.83 bits per heavy atom. The van der Waals surface area contributed by atoms with Crippen molar-refractivity contribution in [3.63, 3.8) is 0 Å². The van der Waals surface area contributed by atoms with E-state index >= 15 is 0 Å². The lowest BCUT2D eigenvalue weighted by atomic mass is 10.1. The Labute approximate surface area is 169 Å². The molecule has 0 aliphatic carbocycles. The summed E-state index contributed by atoms with van der Waals surface area (Å²) in [7, 11) is 0. The van der Waals surface area contributed by atoms with Gasteiger partial charge in [-0.2, -0.15) is 0 Å². The zero-order valence-corrected chi connectivity index (χ0v) is 15.8. The molecule has 3 aromatic rings. The number of amides is 2. The van der Waals surface area contributed by atoms with Gasteiger partial charge in [-0.05, 0) is 35.9 Å². The maximum atomic E-state index is 14.8. The first-order chi connectivity index (χ1) is 14.3. The second-order valence-corrected chi connectivity index (χ2v) is 6.83. The Hall–Kier alpha value is -3.95. The first kappa shape index (κ1) is 19.4. The summed E-state index contributed by atoms with van der Waals surface area (Å²) < 4.78 is 21.6. The number of rotatable bonds is 5. The van der Waals surface area contributed by atoms with Crippen LogP contribution in [0.25, 0.3) is 16.8 Å². The number of anilines is 1. The van der Waals surface area contributed by atoms with E-state index in [-0.39, 0.29) is 30.3 Å². The number of fused-ring (bicyclic) bond motifs is 1. The molecule has 9 nitrogen and oxygen atoms in total. The van der Waals surface area contributed by atoms with Gasteiger partial charge in [0.1, 0.15) is 17.6 Å². The number of carboxylic acid groups (broad SMARTS) is 1. The van der Waals surface area contributed by atoms with Gasteiger partial charge < -0.3 is 19.6 Å². The summed E-state index contributed by atoms with van der Waals surface area (Å²) >= 11 is 0. The van der Waals surface area contributed by atoms with Crippen LogP contribution in [0, 0.1) is 5.82 Å². The summed E-state index contributed by atoms with van der Waals surface area (Å²) in [6.45, 7) is 1.74. The van der Waals surface area contributed by atoms with Crippen molar-refractivity contribution in [3.05, 3.63) is 54.2 Å². The highest BCUT2D eigenvalue weighted by atomic mass is 19.1. The molecule has 0 bridgehead atoms. The SMILES string of the molecule is CC(=O)NC[C@H]1CN(c2ccc(-c3ccn4cc(C(=O)O)nc4c3)c(F)c2)C(=O)O1. The van der Waals surface area contributed by atoms with Crippen molar-refractivity contribution in [2.75, 3.05) is 18.0 Å². The number of halogens is 1. The molecule has 1 aliphatic rings. The fraction of sp³-hybridized carbons (Fsp3) is 0.200. The maximum absolute atomic E-state index is 14.8. The first-order valence-electron chi connectivity index (χ1n) is 9.06. The first-order valence-corrected chi connectivity index (χ1v) is 9.06. The molecular formula is C20H17FN4O5. The zero-order valence-electron chi connectivity index (χ0n) is 15.8. The number of nitrogens with zero attached hydrogens (tertiary/aromatic N) is 3. The smallest absolute Gasteiger partial charge is 0.414 e. The normalized spacial score (nSPS) is 16.0. The molecule has 0 radical (unpaired) electrons. The van der Waals surface area contributed by atoms with Crippen LogP contribution in [0.4, 0.5) is 14.9 Å².